The first kappa shape index (κ1) is 12.8. The molecule has 1 heterocycles. The molecule has 3 heteroatoms. The van der Waals surface area contributed by atoms with Crippen molar-refractivity contribution in [2.24, 2.45) is 11.8 Å². The van der Waals surface area contributed by atoms with E-state index < -0.39 is 0 Å². The Hall–Kier alpha value is -0.240. The van der Waals surface area contributed by atoms with Crippen LogP contribution in [0.15, 0.2) is 0 Å². The first-order valence-electron chi connectivity index (χ1n) is 5.99. The number of amides is 1. The van der Waals surface area contributed by atoms with Gasteiger partial charge in [-0.2, -0.15) is 0 Å². The number of carbonyl (C=O) groups is 1. The highest BCUT2D eigenvalue weighted by molar-refractivity contribution is 6.18. The number of hydrogen-bond acceptors (Lipinski definition) is 1. The molecule has 0 saturated carbocycles. The third-order valence-electron chi connectivity index (χ3n) is 3.38. The number of nitrogens with zero attached hydrogens (tertiary/aromatic N) is 1. The van der Waals surface area contributed by atoms with Crippen molar-refractivity contribution in [1.82, 2.24) is 4.90 Å². The van der Waals surface area contributed by atoms with E-state index in [4.69, 9.17) is 11.6 Å². The van der Waals surface area contributed by atoms with Gasteiger partial charge in [-0.3, -0.25) is 4.79 Å². The van der Waals surface area contributed by atoms with Gasteiger partial charge >= 0.3 is 0 Å². The molecule has 1 aliphatic rings. The molecule has 0 spiro atoms. The molecule has 0 aliphatic carbocycles. The summed E-state index contributed by atoms with van der Waals surface area (Å²) in [7, 11) is 0. The first-order valence-corrected chi connectivity index (χ1v) is 6.52. The normalized spacial score (nSPS) is 22.9. The number of hydrogen-bond donors (Lipinski definition) is 0. The zero-order valence-corrected chi connectivity index (χ0v) is 10.6. The van der Waals surface area contributed by atoms with Gasteiger partial charge in [-0.05, 0) is 31.1 Å². The molecule has 0 N–H and O–H groups in total. The van der Waals surface area contributed by atoms with Crippen LogP contribution in [0.2, 0.25) is 0 Å². The molecule has 0 bridgehead atoms. The van der Waals surface area contributed by atoms with E-state index in [0.717, 1.165) is 37.8 Å². The maximum absolute atomic E-state index is 11.7. The number of halogens is 1. The summed E-state index contributed by atoms with van der Waals surface area (Å²) in [5.41, 5.74) is 0. The maximum Gasteiger partial charge on any atom is 0.223 e. The van der Waals surface area contributed by atoms with Crippen LogP contribution < -0.4 is 0 Å². The molecule has 1 amide bonds. The smallest absolute Gasteiger partial charge is 0.223 e. The fourth-order valence-corrected chi connectivity index (χ4v) is 2.44. The summed E-state index contributed by atoms with van der Waals surface area (Å²) in [6.45, 7) is 6.42. The van der Waals surface area contributed by atoms with Gasteiger partial charge in [0, 0.05) is 25.4 Å². The highest BCUT2D eigenvalue weighted by Gasteiger charge is 2.21. The van der Waals surface area contributed by atoms with E-state index in [9.17, 15) is 4.79 Å². The Morgan fingerprint density at radius 1 is 1.40 bits per heavy atom. The SMILES string of the molecule is CC(C)C1CCCN(C(=O)CCCl)CC1. The molecule has 1 fully saturated rings. The van der Waals surface area contributed by atoms with Gasteiger partial charge in [0.2, 0.25) is 5.91 Å². The standard InChI is InChI=1S/C12H22ClNO/c1-10(2)11-4-3-8-14(9-6-11)12(15)5-7-13/h10-11H,3-9H2,1-2H3. The summed E-state index contributed by atoms with van der Waals surface area (Å²) in [6, 6.07) is 0. The second-order valence-electron chi connectivity index (χ2n) is 4.75. The van der Waals surface area contributed by atoms with Gasteiger partial charge in [0.1, 0.15) is 0 Å². The topological polar surface area (TPSA) is 20.3 Å². The van der Waals surface area contributed by atoms with E-state index in [1.165, 1.54) is 6.42 Å². The van der Waals surface area contributed by atoms with Crippen molar-refractivity contribution < 1.29 is 4.79 Å². The highest BCUT2D eigenvalue weighted by Crippen LogP contribution is 2.24. The van der Waals surface area contributed by atoms with Crippen LogP contribution in [0.25, 0.3) is 0 Å². The molecule has 0 aromatic carbocycles. The number of rotatable bonds is 3. The summed E-state index contributed by atoms with van der Waals surface area (Å²) in [4.78, 5) is 13.7. The van der Waals surface area contributed by atoms with Crippen LogP contribution in [0.3, 0.4) is 0 Å². The molecule has 1 atom stereocenters. The van der Waals surface area contributed by atoms with Crippen LogP contribution in [-0.4, -0.2) is 29.8 Å². The molecule has 1 unspecified atom stereocenters. The van der Waals surface area contributed by atoms with E-state index >= 15 is 0 Å². The third-order valence-corrected chi connectivity index (χ3v) is 3.57. The molecule has 1 aliphatic heterocycles. The predicted molar refractivity (Wildman–Crippen MR) is 64.1 cm³/mol. The van der Waals surface area contributed by atoms with Crippen LogP contribution in [0.5, 0.6) is 0 Å². The number of likely N-dealkylation sites (tertiary alicyclic amines) is 1. The molecule has 1 rings (SSSR count). The Kier molecular flexibility index (Phi) is 5.44. The average Bonchev–Trinajstić information content (AvgIpc) is 2.43. The van der Waals surface area contributed by atoms with Crippen LogP contribution in [0.1, 0.15) is 39.5 Å². The van der Waals surface area contributed by atoms with Gasteiger partial charge < -0.3 is 4.90 Å². The Morgan fingerprint density at radius 2 is 2.13 bits per heavy atom. The molecule has 15 heavy (non-hydrogen) atoms. The highest BCUT2D eigenvalue weighted by atomic mass is 35.5. The van der Waals surface area contributed by atoms with Crippen LogP contribution in [-0.2, 0) is 4.79 Å². The minimum absolute atomic E-state index is 0.231. The van der Waals surface area contributed by atoms with Crippen molar-refractivity contribution in [2.45, 2.75) is 39.5 Å². The lowest BCUT2D eigenvalue weighted by atomic mass is 9.89. The van der Waals surface area contributed by atoms with E-state index in [-0.39, 0.29) is 5.91 Å². The molecule has 1 saturated heterocycles. The van der Waals surface area contributed by atoms with Crippen molar-refractivity contribution in [1.29, 1.82) is 0 Å². The molecule has 88 valence electrons. The number of carbonyl (C=O) groups excluding carboxylic acids is 1. The first-order chi connectivity index (χ1) is 7.15. The zero-order chi connectivity index (χ0) is 11.3. The van der Waals surface area contributed by atoms with Gasteiger partial charge in [0.25, 0.3) is 0 Å². The molecule has 0 radical (unpaired) electrons. The summed E-state index contributed by atoms with van der Waals surface area (Å²) >= 11 is 5.59. The van der Waals surface area contributed by atoms with Crippen LogP contribution >= 0.6 is 11.6 Å². The quantitative estimate of drug-likeness (QED) is 0.684. The molecule has 2 nitrogen and oxygen atoms in total. The largest absolute Gasteiger partial charge is 0.343 e. The summed E-state index contributed by atoms with van der Waals surface area (Å²) in [5, 5.41) is 0. The second-order valence-corrected chi connectivity index (χ2v) is 5.13. The summed E-state index contributed by atoms with van der Waals surface area (Å²) in [6.07, 6.45) is 4.07. The van der Waals surface area contributed by atoms with E-state index in [0.29, 0.717) is 12.3 Å². The molecule has 0 aromatic rings. The molecule has 0 aromatic heterocycles. The Labute approximate surface area is 98.0 Å². The summed E-state index contributed by atoms with van der Waals surface area (Å²) in [5.74, 6) is 2.21. The Morgan fingerprint density at radius 3 is 2.73 bits per heavy atom. The van der Waals surface area contributed by atoms with Crippen molar-refractivity contribution in [3.63, 3.8) is 0 Å². The third kappa shape index (κ3) is 4.02. The lowest BCUT2D eigenvalue weighted by molar-refractivity contribution is -0.130. The fourth-order valence-electron chi connectivity index (χ4n) is 2.28. The average molecular weight is 232 g/mol. The van der Waals surface area contributed by atoms with Crippen LogP contribution in [0.4, 0.5) is 0 Å². The van der Waals surface area contributed by atoms with E-state index in [1.54, 1.807) is 0 Å². The minimum Gasteiger partial charge on any atom is -0.343 e. The number of alkyl halides is 1. The monoisotopic (exact) mass is 231 g/mol. The minimum atomic E-state index is 0.231. The second kappa shape index (κ2) is 6.37. The van der Waals surface area contributed by atoms with Crippen molar-refractivity contribution in [2.75, 3.05) is 19.0 Å². The van der Waals surface area contributed by atoms with Gasteiger partial charge in [0.15, 0.2) is 0 Å². The van der Waals surface area contributed by atoms with Gasteiger partial charge in [-0.25, -0.2) is 0 Å². The van der Waals surface area contributed by atoms with Gasteiger partial charge in [-0.15, -0.1) is 11.6 Å². The van der Waals surface area contributed by atoms with Crippen molar-refractivity contribution in [3.05, 3.63) is 0 Å². The van der Waals surface area contributed by atoms with Gasteiger partial charge in [-0.1, -0.05) is 13.8 Å². The molecular weight excluding hydrogens is 210 g/mol. The lowest BCUT2D eigenvalue weighted by Gasteiger charge is -2.21. The summed E-state index contributed by atoms with van der Waals surface area (Å²) < 4.78 is 0. The van der Waals surface area contributed by atoms with Crippen LogP contribution in [0, 0.1) is 11.8 Å². The fraction of sp³-hybridized carbons (Fsp3) is 0.917. The molecular formula is C12H22ClNO. The predicted octanol–water partition coefficient (Wildman–Crippen LogP) is 2.90. The van der Waals surface area contributed by atoms with Crippen molar-refractivity contribution in [3.8, 4) is 0 Å². The van der Waals surface area contributed by atoms with Crippen molar-refractivity contribution >= 4 is 17.5 Å². The maximum atomic E-state index is 11.7. The lowest BCUT2D eigenvalue weighted by Crippen LogP contribution is -2.32. The van der Waals surface area contributed by atoms with E-state index in [1.807, 2.05) is 4.90 Å². The van der Waals surface area contributed by atoms with E-state index in [2.05, 4.69) is 13.8 Å². The Balaban J connectivity index is 2.42. The Bertz CT molecular complexity index is 206. The van der Waals surface area contributed by atoms with Gasteiger partial charge in [0.05, 0.1) is 0 Å². The zero-order valence-electron chi connectivity index (χ0n) is 9.84.